The lowest BCUT2D eigenvalue weighted by Gasteiger charge is -2.25. The third-order valence-corrected chi connectivity index (χ3v) is 6.21. The molecule has 1 N–H and O–H groups in total. The van der Waals surface area contributed by atoms with E-state index >= 15 is 0 Å². The van der Waals surface area contributed by atoms with Crippen molar-refractivity contribution in [3.63, 3.8) is 0 Å². The summed E-state index contributed by atoms with van der Waals surface area (Å²) < 4.78 is 41.1. The molecule has 2 aliphatic carbocycles. The molecule has 0 saturated heterocycles. The average molecular weight is 424 g/mol. The van der Waals surface area contributed by atoms with E-state index in [-0.39, 0.29) is 0 Å². The van der Waals surface area contributed by atoms with Crippen LogP contribution in [-0.4, -0.2) is 21.3 Å². The van der Waals surface area contributed by atoms with Crippen LogP contribution in [0.2, 0.25) is 0 Å². The number of alkyl halides is 3. The van der Waals surface area contributed by atoms with Crippen LogP contribution >= 0.6 is 0 Å². The Morgan fingerprint density at radius 3 is 2.74 bits per heavy atom. The summed E-state index contributed by atoms with van der Waals surface area (Å²) in [5.74, 6) is 1.04. The minimum atomic E-state index is -4.29. The maximum absolute atomic E-state index is 13.0. The summed E-state index contributed by atoms with van der Waals surface area (Å²) >= 11 is 0. The van der Waals surface area contributed by atoms with Gasteiger partial charge in [0.1, 0.15) is 12.2 Å². The van der Waals surface area contributed by atoms with Crippen molar-refractivity contribution >= 4 is 16.3 Å². The van der Waals surface area contributed by atoms with Gasteiger partial charge in [0.2, 0.25) is 0 Å². The van der Waals surface area contributed by atoms with Crippen LogP contribution in [0.1, 0.15) is 41.8 Å². The minimum Gasteiger partial charge on any atom is -0.315 e. The fraction of sp³-hybridized carbons (Fsp3) is 0.333. The molecule has 3 aromatic rings. The van der Waals surface area contributed by atoms with Gasteiger partial charge in [-0.3, -0.25) is 0 Å². The van der Waals surface area contributed by atoms with Crippen LogP contribution in [0.15, 0.2) is 54.4 Å². The van der Waals surface area contributed by atoms with Crippen LogP contribution in [0, 0.1) is 0 Å². The Hall–Kier alpha value is -2.93. The molecule has 0 unspecified atom stereocenters. The minimum absolute atomic E-state index is 0.563. The average Bonchev–Trinajstić information content (AvgIpc) is 3.27. The molecule has 31 heavy (non-hydrogen) atoms. The van der Waals surface area contributed by atoms with Crippen molar-refractivity contribution in [3.8, 4) is 0 Å². The van der Waals surface area contributed by atoms with Crippen molar-refractivity contribution in [1.29, 1.82) is 0 Å². The van der Waals surface area contributed by atoms with E-state index in [0.717, 1.165) is 73.0 Å². The van der Waals surface area contributed by atoms with E-state index < -0.39 is 11.7 Å². The quantitative estimate of drug-likeness (QED) is 0.533. The molecule has 0 atom stereocenters. The highest BCUT2D eigenvalue weighted by atomic mass is 19.4. The van der Waals surface area contributed by atoms with Crippen LogP contribution in [0.3, 0.4) is 0 Å². The topological polar surface area (TPSA) is 42.7 Å². The van der Waals surface area contributed by atoms with E-state index in [4.69, 9.17) is 0 Å². The van der Waals surface area contributed by atoms with Crippen molar-refractivity contribution in [2.24, 2.45) is 0 Å². The second-order valence-corrected chi connectivity index (χ2v) is 8.10. The molecule has 1 aromatic heterocycles. The molecule has 2 heterocycles. The molecule has 0 radical (unpaired) electrons. The molecule has 0 amide bonds. The lowest BCUT2D eigenvalue weighted by molar-refractivity contribution is -0.137. The molecule has 2 aromatic carbocycles. The van der Waals surface area contributed by atoms with Gasteiger partial charge in [-0.05, 0) is 65.3 Å². The summed E-state index contributed by atoms with van der Waals surface area (Å²) in [7, 11) is 0. The molecule has 160 valence electrons. The molecule has 0 fully saturated rings. The van der Waals surface area contributed by atoms with Gasteiger partial charge < -0.3 is 9.88 Å². The summed E-state index contributed by atoms with van der Waals surface area (Å²) in [6.07, 6.45) is 5.71. The molecular formula is C24H23F3N4. The van der Waals surface area contributed by atoms with Crippen molar-refractivity contribution in [1.82, 2.24) is 20.1 Å². The number of allylic oxidation sites excluding steroid dienone is 4. The molecule has 0 bridgehead atoms. The Labute approximate surface area is 178 Å². The Kier molecular flexibility index (Phi) is 5.14. The Bertz CT molecular complexity index is 1170. The van der Waals surface area contributed by atoms with Crippen molar-refractivity contribution in [2.75, 3.05) is 6.54 Å². The fourth-order valence-electron chi connectivity index (χ4n) is 4.61. The predicted molar refractivity (Wildman–Crippen MR) is 114 cm³/mol. The van der Waals surface area contributed by atoms with Crippen LogP contribution in [0.4, 0.5) is 13.2 Å². The SMILES string of the molecule is FC(F)(F)c1ccc2ccc3c(c2c1)CCC1=C3C=CCC1.c1nnc2n1CCNC2. The molecule has 3 aliphatic rings. The highest BCUT2D eigenvalue weighted by Gasteiger charge is 2.31. The van der Waals surface area contributed by atoms with Gasteiger partial charge in [-0.2, -0.15) is 13.2 Å². The standard InChI is InChI=1S/C19H15F3.C5H8N4/c20-19(21,22)14-8-5-13-7-9-16-15-4-2-1-3-12(15)6-10-17(16)18(13)11-14;1-2-9-4-7-8-5(9)3-6-1/h2,4-5,7-9,11H,1,3,6,10H2;4,6H,1-3H2. The molecule has 0 spiro atoms. The normalized spacial score (nSPS) is 17.5. The van der Waals surface area contributed by atoms with Crippen LogP contribution in [-0.2, 0) is 25.7 Å². The van der Waals surface area contributed by atoms with Crippen LogP contribution < -0.4 is 5.32 Å². The van der Waals surface area contributed by atoms with Gasteiger partial charge in [0, 0.05) is 13.1 Å². The van der Waals surface area contributed by atoms with E-state index in [0.29, 0.717) is 0 Å². The van der Waals surface area contributed by atoms with Gasteiger partial charge in [-0.25, -0.2) is 0 Å². The summed E-state index contributed by atoms with van der Waals surface area (Å²) in [6, 6.07) is 8.07. The number of rotatable bonds is 0. The number of nitrogens with zero attached hydrogens (tertiary/aromatic N) is 3. The number of aromatic nitrogens is 3. The zero-order valence-corrected chi connectivity index (χ0v) is 17.0. The molecular weight excluding hydrogens is 401 g/mol. The molecule has 1 aliphatic heterocycles. The number of aryl methyl sites for hydroxylation is 1. The monoisotopic (exact) mass is 424 g/mol. The van der Waals surface area contributed by atoms with Crippen molar-refractivity contribution in [2.45, 2.75) is 44.9 Å². The van der Waals surface area contributed by atoms with E-state index in [1.54, 1.807) is 12.4 Å². The highest BCUT2D eigenvalue weighted by molar-refractivity contribution is 5.94. The molecule has 4 nitrogen and oxygen atoms in total. The van der Waals surface area contributed by atoms with Crippen molar-refractivity contribution < 1.29 is 13.2 Å². The van der Waals surface area contributed by atoms with Gasteiger partial charge in [0.05, 0.1) is 12.1 Å². The predicted octanol–water partition coefficient (Wildman–Crippen LogP) is 5.29. The number of hydrogen-bond donors (Lipinski definition) is 1. The van der Waals surface area contributed by atoms with Gasteiger partial charge in [0.25, 0.3) is 0 Å². The van der Waals surface area contributed by atoms with Gasteiger partial charge in [0.15, 0.2) is 0 Å². The van der Waals surface area contributed by atoms with E-state index in [1.807, 2.05) is 6.07 Å². The first kappa shape index (κ1) is 20.0. The zero-order chi connectivity index (χ0) is 21.4. The first-order valence-corrected chi connectivity index (χ1v) is 10.6. The Morgan fingerprint density at radius 2 is 1.90 bits per heavy atom. The first-order chi connectivity index (χ1) is 15.0. The Morgan fingerprint density at radius 1 is 1.03 bits per heavy atom. The highest BCUT2D eigenvalue weighted by Crippen LogP contribution is 2.41. The summed E-state index contributed by atoms with van der Waals surface area (Å²) in [5.41, 5.74) is 4.29. The lowest BCUT2D eigenvalue weighted by atomic mass is 9.79. The second kappa shape index (κ2) is 7.96. The third kappa shape index (κ3) is 3.90. The van der Waals surface area contributed by atoms with Gasteiger partial charge in [-0.1, -0.05) is 35.9 Å². The third-order valence-electron chi connectivity index (χ3n) is 6.21. The molecule has 0 saturated carbocycles. The zero-order valence-electron chi connectivity index (χ0n) is 17.0. The number of hydrogen-bond acceptors (Lipinski definition) is 3. The first-order valence-electron chi connectivity index (χ1n) is 10.6. The van der Waals surface area contributed by atoms with E-state index in [1.165, 1.54) is 23.3 Å². The fourth-order valence-corrected chi connectivity index (χ4v) is 4.61. The molecule has 7 heteroatoms. The largest absolute Gasteiger partial charge is 0.416 e. The summed E-state index contributed by atoms with van der Waals surface area (Å²) in [6.45, 7) is 2.90. The number of halogens is 3. The number of fused-ring (bicyclic) bond motifs is 5. The van der Waals surface area contributed by atoms with Crippen LogP contribution in [0.5, 0.6) is 0 Å². The number of nitrogens with one attached hydrogen (secondary N) is 1. The molecule has 6 rings (SSSR count). The maximum atomic E-state index is 13.0. The van der Waals surface area contributed by atoms with Gasteiger partial charge in [-0.15, -0.1) is 10.2 Å². The lowest BCUT2D eigenvalue weighted by Crippen LogP contribution is -2.27. The smallest absolute Gasteiger partial charge is 0.315 e. The summed E-state index contributed by atoms with van der Waals surface area (Å²) in [5, 5.41) is 12.5. The van der Waals surface area contributed by atoms with Crippen molar-refractivity contribution in [3.05, 3.63) is 76.9 Å². The number of benzene rings is 2. The van der Waals surface area contributed by atoms with Crippen LogP contribution in [0.25, 0.3) is 16.3 Å². The maximum Gasteiger partial charge on any atom is 0.416 e. The Balaban J connectivity index is 0.000000189. The van der Waals surface area contributed by atoms with Gasteiger partial charge >= 0.3 is 6.18 Å². The summed E-state index contributed by atoms with van der Waals surface area (Å²) in [4.78, 5) is 0. The van der Waals surface area contributed by atoms with E-state index in [9.17, 15) is 13.2 Å². The van der Waals surface area contributed by atoms with E-state index in [2.05, 4.69) is 38.3 Å². The second-order valence-electron chi connectivity index (χ2n) is 8.10.